The van der Waals surface area contributed by atoms with E-state index in [0.717, 1.165) is 22.5 Å². The molecule has 0 spiro atoms. The molecule has 27 heavy (non-hydrogen) atoms. The Bertz CT molecular complexity index is 969. The van der Waals surface area contributed by atoms with Gasteiger partial charge in [0, 0.05) is 23.0 Å². The summed E-state index contributed by atoms with van der Waals surface area (Å²) >= 11 is 0. The highest BCUT2D eigenvalue weighted by Gasteiger charge is 2.38. The summed E-state index contributed by atoms with van der Waals surface area (Å²) in [5, 5.41) is 13.6. The van der Waals surface area contributed by atoms with Crippen LogP contribution in [0.1, 0.15) is 20.8 Å². The third-order valence-corrected chi connectivity index (χ3v) is 9.58. The molecule has 2 N–H and O–H groups in total. The lowest BCUT2D eigenvalue weighted by molar-refractivity contribution is 0.197. The molecular formula is C21H26N2O3Si. The van der Waals surface area contributed by atoms with Crippen molar-refractivity contribution in [3.8, 4) is 5.75 Å². The van der Waals surface area contributed by atoms with Gasteiger partial charge in [-0.3, -0.25) is 4.57 Å². The van der Waals surface area contributed by atoms with Crippen molar-refractivity contribution >= 4 is 36.7 Å². The number of nitrogens with zero attached hydrogens (tertiary/aromatic N) is 1. The summed E-state index contributed by atoms with van der Waals surface area (Å²) < 4.78 is 7.52. The van der Waals surface area contributed by atoms with E-state index < -0.39 is 14.4 Å². The van der Waals surface area contributed by atoms with Crippen molar-refractivity contribution in [2.24, 2.45) is 0 Å². The number of hydrogen-bond acceptors (Lipinski definition) is 3. The summed E-state index contributed by atoms with van der Waals surface area (Å²) in [6, 6.07) is 15.4. The van der Waals surface area contributed by atoms with Gasteiger partial charge in [0.15, 0.2) is 0 Å². The van der Waals surface area contributed by atoms with Gasteiger partial charge < -0.3 is 14.8 Å². The van der Waals surface area contributed by atoms with E-state index in [9.17, 15) is 9.90 Å². The van der Waals surface area contributed by atoms with Crippen LogP contribution in [0.5, 0.6) is 5.75 Å². The number of nitrogens with one attached hydrogen (secondary N) is 1. The molecule has 0 fully saturated rings. The predicted molar refractivity (Wildman–Crippen MR) is 113 cm³/mol. The molecule has 3 aromatic rings. The molecule has 0 atom stereocenters. The van der Waals surface area contributed by atoms with Gasteiger partial charge in [0.05, 0.1) is 5.52 Å². The van der Waals surface area contributed by atoms with Crippen molar-refractivity contribution in [3.05, 3.63) is 54.7 Å². The van der Waals surface area contributed by atoms with Crippen LogP contribution in [0.25, 0.3) is 10.9 Å². The number of benzene rings is 2. The van der Waals surface area contributed by atoms with Gasteiger partial charge in [-0.05, 0) is 66.7 Å². The molecule has 0 aliphatic carbocycles. The number of hydrogen-bond donors (Lipinski definition) is 2. The van der Waals surface area contributed by atoms with E-state index in [0.29, 0.717) is 5.52 Å². The van der Waals surface area contributed by atoms with Crippen molar-refractivity contribution in [1.29, 1.82) is 0 Å². The summed E-state index contributed by atoms with van der Waals surface area (Å²) in [5.41, 5.74) is 2.53. The molecule has 0 saturated heterocycles. The second-order valence-electron chi connectivity index (χ2n) is 8.25. The summed E-state index contributed by atoms with van der Waals surface area (Å²) in [4.78, 5) is 11.2. The number of aromatic nitrogens is 1. The normalized spacial score (nSPS) is 12.2. The van der Waals surface area contributed by atoms with Crippen LogP contribution < -0.4 is 9.74 Å². The van der Waals surface area contributed by atoms with Crippen molar-refractivity contribution in [1.82, 2.24) is 4.57 Å². The SMILES string of the molecule is CC(C)(C)[Si](C)(C)Oc1ccc(Nc2ccc3c(ccn3C(=O)O)c2)cc1. The lowest BCUT2D eigenvalue weighted by atomic mass is 10.2. The molecule has 0 unspecified atom stereocenters. The molecule has 0 aliphatic rings. The maximum Gasteiger partial charge on any atom is 0.415 e. The first-order chi connectivity index (χ1) is 12.6. The highest BCUT2D eigenvalue weighted by atomic mass is 28.4. The van der Waals surface area contributed by atoms with Crippen LogP contribution in [-0.4, -0.2) is 24.1 Å². The number of rotatable bonds is 4. The van der Waals surface area contributed by atoms with E-state index in [1.807, 2.05) is 36.4 Å². The quantitative estimate of drug-likeness (QED) is 0.520. The topological polar surface area (TPSA) is 63.5 Å². The number of fused-ring (bicyclic) bond motifs is 1. The molecule has 3 rings (SSSR count). The van der Waals surface area contributed by atoms with Gasteiger partial charge >= 0.3 is 6.09 Å². The van der Waals surface area contributed by atoms with E-state index in [1.165, 1.54) is 4.57 Å². The summed E-state index contributed by atoms with van der Waals surface area (Å²) in [7, 11) is -1.85. The lowest BCUT2D eigenvalue weighted by Crippen LogP contribution is -2.43. The molecular weight excluding hydrogens is 356 g/mol. The second kappa shape index (κ2) is 6.77. The van der Waals surface area contributed by atoms with Crippen LogP contribution in [0, 0.1) is 0 Å². The van der Waals surface area contributed by atoms with Crippen LogP contribution in [0.15, 0.2) is 54.7 Å². The van der Waals surface area contributed by atoms with Gasteiger partial charge in [-0.1, -0.05) is 20.8 Å². The van der Waals surface area contributed by atoms with Gasteiger partial charge in [-0.15, -0.1) is 0 Å². The van der Waals surface area contributed by atoms with Gasteiger partial charge in [0.2, 0.25) is 8.32 Å². The molecule has 5 nitrogen and oxygen atoms in total. The fourth-order valence-electron chi connectivity index (χ4n) is 2.61. The van der Waals surface area contributed by atoms with Crippen LogP contribution in [-0.2, 0) is 0 Å². The number of anilines is 2. The van der Waals surface area contributed by atoms with Gasteiger partial charge in [-0.25, -0.2) is 4.79 Å². The molecule has 2 aromatic carbocycles. The Morgan fingerprint density at radius 1 is 1.04 bits per heavy atom. The Labute approximate surface area is 160 Å². The van der Waals surface area contributed by atoms with E-state index >= 15 is 0 Å². The average molecular weight is 383 g/mol. The molecule has 0 saturated carbocycles. The van der Waals surface area contributed by atoms with Crippen LogP contribution in [0.2, 0.25) is 18.1 Å². The molecule has 0 bridgehead atoms. The van der Waals surface area contributed by atoms with Crippen LogP contribution >= 0.6 is 0 Å². The third-order valence-electron chi connectivity index (χ3n) is 5.22. The first kappa shape index (κ1) is 19.0. The first-order valence-electron chi connectivity index (χ1n) is 8.97. The Morgan fingerprint density at radius 3 is 2.26 bits per heavy atom. The van der Waals surface area contributed by atoms with Crippen LogP contribution in [0.4, 0.5) is 16.2 Å². The molecule has 6 heteroatoms. The maximum absolute atomic E-state index is 11.2. The highest BCUT2D eigenvalue weighted by molar-refractivity contribution is 6.74. The summed E-state index contributed by atoms with van der Waals surface area (Å²) in [5.74, 6) is 0.890. The van der Waals surface area contributed by atoms with Gasteiger partial charge in [0.25, 0.3) is 0 Å². The number of carbonyl (C=O) groups is 1. The fourth-order valence-corrected chi connectivity index (χ4v) is 3.64. The number of carboxylic acid groups (broad SMARTS) is 1. The van der Waals surface area contributed by atoms with E-state index in [-0.39, 0.29) is 5.04 Å². The van der Waals surface area contributed by atoms with Crippen molar-refractivity contribution in [3.63, 3.8) is 0 Å². The Morgan fingerprint density at radius 2 is 1.67 bits per heavy atom. The van der Waals surface area contributed by atoms with Crippen molar-refractivity contribution in [2.75, 3.05) is 5.32 Å². The molecule has 0 aliphatic heterocycles. The molecule has 0 amide bonds. The molecule has 0 radical (unpaired) electrons. The van der Waals surface area contributed by atoms with Gasteiger partial charge in [-0.2, -0.15) is 0 Å². The average Bonchev–Trinajstić information content (AvgIpc) is 2.99. The summed E-state index contributed by atoms with van der Waals surface area (Å²) in [6.07, 6.45) is 0.576. The van der Waals surface area contributed by atoms with Crippen LogP contribution in [0.3, 0.4) is 0 Å². The molecule has 142 valence electrons. The Balaban J connectivity index is 1.75. The lowest BCUT2D eigenvalue weighted by Gasteiger charge is -2.36. The van der Waals surface area contributed by atoms with E-state index in [1.54, 1.807) is 18.3 Å². The second-order valence-corrected chi connectivity index (χ2v) is 13.0. The highest BCUT2D eigenvalue weighted by Crippen LogP contribution is 2.37. The van der Waals surface area contributed by atoms with Crippen molar-refractivity contribution in [2.45, 2.75) is 38.9 Å². The Hall–Kier alpha value is -2.73. The van der Waals surface area contributed by atoms with Gasteiger partial charge in [0.1, 0.15) is 5.75 Å². The van der Waals surface area contributed by atoms with E-state index in [4.69, 9.17) is 4.43 Å². The standard InChI is InChI=1S/C21H26N2O3Si/c1-21(2,3)27(4,5)26-18-9-6-16(7-10-18)22-17-8-11-19-15(14-17)12-13-23(19)20(24)25/h6-14,22H,1-5H3,(H,24,25). The first-order valence-corrected chi connectivity index (χ1v) is 11.9. The largest absolute Gasteiger partial charge is 0.544 e. The van der Waals surface area contributed by atoms with Crippen molar-refractivity contribution < 1.29 is 14.3 Å². The minimum Gasteiger partial charge on any atom is -0.544 e. The molecule has 1 heterocycles. The minimum absolute atomic E-state index is 0.158. The maximum atomic E-state index is 11.2. The monoisotopic (exact) mass is 382 g/mol. The minimum atomic E-state index is -1.85. The Kier molecular flexibility index (Phi) is 4.78. The smallest absolute Gasteiger partial charge is 0.415 e. The fraction of sp³-hybridized carbons (Fsp3) is 0.286. The zero-order valence-corrected chi connectivity index (χ0v) is 17.4. The zero-order valence-electron chi connectivity index (χ0n) is 16.4. The molecule has 1 aromatic heterocycles. The zero-order chi connectivity index (χ0) is 19.8. The predicted octanol–water partition coefficient (Wildman–Crippen LogP) is 6.30. The van der Waals surface area contributed by atoms with E-state index in [2.05, 4.69) is 39.2 Å². The third kappa shape index (κ3) is 4.00. The summed E-state index contributed by atoms with van der Waals surface area (Å²) in [6.45, 7) is 11.1.